The topological polar surface area (TPSA) is 58.9 Å². The van der Waals surface area contributed by atoms with Crippen LogP contribution < -0.4 is 4.74 Å². The highest BCUT2D eigenvalue weighted by atomic mass is 16.5. The highest BCUT2D eigenvalue weighted by Crippen LogP contribution is 2.24. The third-order valence-corrected chi connectivity index (χ3v) is 3.70. The summed E-state index contributed by atoms with van der Waals surface area (Å²) in [5.41, 5.74) is 3.05. The fraction of sp³-hybridized carbons (Fsp3) is 0.300. The fourth-order valence-electron chi connectivity index (χ4n) is 2.26. The van der Waals surface area contributed by atoms with Gasteiger partial charge in [-0.15, -0.1) is 0 Å². The van der Waals surface area contributed by atoms with Crippen LogP contribution in [0.15, 0.2) is 47.5 Å². The Labute approximate surface area is 142 Å². The Morgan fingerprint density at radius 1 is 1.17 bits per heavy atom. The van der Waals surface area contributed by atoms with Crippen LogP contribution in [-0.4, -0.2) is 23.9 Å². The molecular formula is C20H23NO3. The van der Waals surface area contributed by atoms with Crippen LogP contribution in [-0.2, 0) is 0 Å². The molecule has 0 spiro atoms. The van der Waals surface area contributed by atoms with Crippen molar-refractivity contribution >= 4 is 17.9 Å². The first-order valence-electron chi connectivity index (χ1n) is 8.21. The number of aryl methyl sites for hydroxylation is 1. The number of hydrogen-bond acceptors (Lipinski definition) is 3. The molecule has 0 fully saturated rings. The normalized spacial score (nSPS) is 10.9. The van der Waals surface area contributed by atoms with Crippen LogP contribution in [0.3, 0.4) is 0 Å². The van der Waals surface area contributed by atoms with Crippen LogP contribution in [0.4, 0.5) is 5.69 Å². The number of rotatable bonds is 8. The lowest BCUT2D eigenvalue weighted by atomic mass is 10.1. The van der Waals surface area contributed by atoms with E-state index in [4.69, 9.17) is 9.84 Å². The maximum Gasteiger partial charge on any atom is 0.335 e. The lowest BCUT2D eigenvalue weighted by Gasteiger charge is -2.08. The predicted octanol–water partition coefficient (Wildman–Crippen LogP) is 5.01. The van der Waals surface area contributed by atoms with Crippen LogP contribution in [0, 0.1) is 6.92 Å². The molecule has 4 heteroatoms. The highest BCUT2D eigenvalue weighted by molar-refractivity contribution is 5.89. The van der Waals surface area contributed by atoms with Gasteiger partial charge >= 0.3 is 5.97 Å². The van der Waals surface area contributed by atoms with Gasteiger partial charge in [-0.05, 0) is 54.8 Å². The van der Waals surface area contributed by atoms with Gasteiger partial charge in [-0.25, -0.2) is 4.79 Å². The number of aliphatic imine (C=N–C) groups is 1. The van der Waals surface area contributed by atoms with Crippen molar-refractivity contribution in [2.45, 2.75) is 33.1 Å². The van der Waals surface area contributed by atoms with Crippen LogP contribution in [0.5, 0.6) is 5.75 Å². The smallest absolute Gasteiger partial charge is 0.335 e. The summed E-state index contributed by atoms with van der Waals surface area (Å²) < 4.78 is 5.73. The molecule has 4 nitrogen and oxygen atoms in total. The van der Waals surface area contributed by atoms with E-state index in [0.29, 0.717) is 0 Å². The van der Waals surface area contributed by atoms with E-state index < -0.39 is 5.97 Å². The zero-order valence-corrected chi connectivity index (χ0v) is 14.2. The molecule has 0 aliphatic carbocycles. The molecule has 0 heterocycles. The Balaban J connectivity index is 2.00. The molecule has 24 heavy (non-hydrogen) atoms. The van der Waals surface area contributed by atoms with E-state index in [1.54, 1.807) is 30.5 Å². The van der Waals surface area contributed by atoms with Crippen molar-refractivity contribution < 1.29 is 14.6 Å². The van der Waals surface area contributed by atoms with Gasteiger partial charge in [0.05, 0.1) is 17.9 Å². The van der Waals surface area contributed by atoms with Gasteiger partial charge in [0, 0.05) is 6.21 Å². The minimum atomic E-state index is -0.927. The standard InChI is InChI=1S/C20H23NO3/c1-3-4-5-12-24-18-10-11-19(15(2)13-18)21-14-16-6-8-17(9-7-16)20(22)23/h6-11,13-14H,3-5,12H2,1-2H3,(H,22,23). The van der Waals surface area contributed by atoms with Gasteiger partial charge in [-0.1, -0.05) is 31.9 Å². The second-order valence-electron chi connectivity index (χ2n) is 5.69. The van der Waals surface area contributed by atoms with E-state index in [1.165, 1.54) is 12.8 Å². The molecule has 0 atom stereocenters. The molecule has 0 bridgehead atoms. The van der Waals surface area contributed by atoms with Gasteiger partial charge in [0.15, 0.2) is 0 Å². The number of carboxylic acid groups (broad SMARTS) is 1. The van der Waals surface area contributed by atoms with Gasteiger partial charge in [0.25, 0.3) is 0 Å². The number of aromatic carboxylic acids is 1. The molecule has 1 N–H and O–H groups in total. The summed E-state index contributed by atoms with van der Waals surface area (Å²) in [5, 5.41) is 8.89. The quantitative estimate of drug-likeness (QED) is 0.548. The summed E-state index contributed by atoms with van der Waals surface area (Å²) in [6.07, 6.45) is 5.17. The minimum absolute atomic E-state index is 0.271. The molecule has 0 aromatic heterocycles. The number of hydrogen-bond donors (Lipinski definition) is 1. The van der Waals surface area contributed by atoms with E-state index in [2.05, 4.69) is 11.9 Å². The average molecular weight is 325 g/mol. The molecule has 0 saturated carbocycles. The van der Waals surface area contributed by atoms with Crippen molar-refractivity contribution in [3.05, 3.63) is 59.2 Å². The molecular weight excluding hydrogens is 302 g/mol. The van der Waals surface area contributed by atoms with Gasteiger partial charge in [0.1, 0.15) is 5.75 Å². The monoisotopic (exact) mass is 325 g/mol. The SMILES string of the molecule is CCCCCOc1ccc(N=Cc2ccc(C(=O)O)cc2)c(C)c1. The number of unbranched alkanes of at least 4 members (excludes halogenated alkanes) is 2. The molecule has 0 amide bonds. The Morgan fingerprint density at radius 3 is 2.54 bits per heavy atom. The van der Waals surface area contributed by atoms with Gasteiger partial charge in [-0.3, -0.25) is 4.99 Å². The Morgan fingerprint density at radius 2 is 1.92 bits per heavy atom. The van der Waals surface area contributed by atoms with Crippen molar-refractivity contribution in [1.82, 2.24) is 0 Å². The lowest BCUT2D eigenvalue weighted by molar-refractivity contribution is 0.0697. The Bertz CT molecular complexity index is 705. The van der Waals surface area contributed by atoms with E-state index in [9.17, 15) is 4.79 Å². The fourth-order valence-corrected chi connectivity index (χ4v) is 2.26. The molecule has 0 saturated heterocycles. The molecule has 0 unspecified atom stereocenters. The zero-order chi connectivity index (χ0) is 17.4. The second kappa shape index (κ2) is 8.87. The Hall–Kier alpha value is -2.62. The number of carbonyl (C=O) groups is 1. The summed E-state index contributed by atoms with van der Waals surface area (Å²) in [6.45, 7) is 4.91. The van der Waals surface area contributed by atoms with Gasteiger partial charge in [-0.2, -0.15) is 0 Å². The van der Waals surface area contributed by atoms with Crippen LogP contribution in [0.1, 0.15) is 47.7 Å². The molecule has 2 aromatic rings. The first kappa shape index (κ1) is 17.7. The highest BCUT2D eigenvalue weighted by Gasteiger charge is 2.02. The molecule has 2 rings (SSSR count). The lowest BCUT2D eigenvalue weighted by Crippen LogP contribution is -1.97. The number of ether oxygens (including phenoxy) is 1. The average Bonchev–Trinajstić information content (AvgIpc) is 2.58. The molecule has 0 aliphatic heterocycles. The van der Waals surface area contributed by atoms with Crippen molar-refractivity contribution in [1.29, 1.82) is 0 Å². The number of benzene rings is 2. The first-order chi connectivity index (χ1) is 11.6. The van der Waals surface area contributed by atoms with Crippen molar-refractivity contribution in [2.24, 2.45) is 4.99 Å². The summed E-state index contributed by atoms with van der Waals surface area (Å²) in [5.74, 6) is -0.0581. The van der Waals surface area contributed by atoms with Gasteiger partial charge < -0.3 is 9.84 Å². The summed E-state index contributed by atoms with van der Waals surface area (Å²) in [7, 11) is 0. The minimum Gasteiger partial charge on any atom is -0.494 e. The second-order valence-corrected chi connectivity index (χ2v) is 5.69. The summed E-state index contributed by atoms with van der Waals surface area (Å²) in [4.78, 5) is 15.3. The van der Waals surface area contributed by atoms with Crippen LogP contribution in [0.25, 0.3) is 0 Å². The van der Waals surface area contributed by atoms with E-state index in [0.717, 1.165) is 35.6 Å². The third-order valence-electron chi connectivity index (χ3n) is 3.70. The summed E-state index contributed by atoms with van der Waals surface area (Å²) in [6, 6.07) is 12.5. The Kier molecular flexibility index (Phi) is 6.55. The zero-order valence-electron chi connectivity index (χ0n) is 14.2. The number of nitrogens with zero attached hydrogens (tertiary/aromatic N) is 1. The van der Waals surface area contributed by atoms with Crippen molar-refractivity contribution in [3.63, 3.8) is 0 Å². The van der Waals surface area contributed by atoms with Crippen LogP contribution in [0.2, 0.25) is 0 Å². The largest absolute Gasteiger partial charge is 0.494 e. The van der Waals surface area contributed by atoms with E-state index in [-0.39, 0.29) is 5.56 Å². The van der Waals surface area contributed by atoms with Gasteiger partial charge in [0.2, 0.25) is 0 Å². The maximum absolute atomic E-state index is 10.8. The number of carboxylic acids is 1. The first-order valence-corrected chi connectivity index (χ1v) is 8.21. The molecule has 126 valence electrons. The van der Waals surface area contributed by atoms with Crippen molar-refractivity contribution in [3.8, 4) is 5.75 Å². The van der Waals surface area contributed by atoms with E-state index >= 15 is 0 Å². The predicted molar refractivity (Wildman–Crippen MR) is 96.9 cm³/mol. The molecule has 0 radical (unpaired) electrons. The molecule has 0 aliphatic rings. The van der Waals surface area contributed by atoms with Crippen molar-refractivity contribution in [2.75, 3.05) is 6.61 Å². The van der Waals surface area contributed by atoms with Crippen LogP contribution >= 0.6 is 0 Å². The third kappa shape index (κ3) is 5.23. The molecule has 2 aromatic carbocycles. The maximum atomic E-state index is 10.8. The summed E-state index contributed by atoms with van der Waals surface area (Å²) >= 11 is 0. The van der Waals surface area contributed by atoms with E-state index in [1.807, 2.05) is 25.1 Å².